The molecule has 0 spiro atoms. The van der Waals surface area contributed by atoms with Crippen molar-refractivity contribution >= 4 is 17.6 Å². The van der Waals surface area contributed by atoms with Crippen LogP contribution < -0.4 is 17.2 Å². The molecular weight excluding hydrogens is 246 g/mol. The van der Waals surface area contributed by atoms with Crippen molar-refractivity contribution < 1.29 is 4.52 Å². The molecule has 6 N–H and O–H groups in total. The van der Waals surface area contributed by atoms with Gasteiger partial charge in [0, 0.05) is 5.56 Å². The molecule has 19 heavy (non-hydrogen) atoms. The van der Waals surface area contributed by atoms with E-state index in [2.05, 4.69) is 20.1 Å². The van der Waals surface area contributed by atoms with Crippen LogP contribution in [0.15, 0.2) is 38.8 Å². The van der Waals surface area contributed by atoms with Crippen molar-refractivity contribution in [2.75, 3.05) is 0 Å². The lowest BCUT2D eigenvalue weighted by atomic mass is 10.2. The molecule has 0 saturated heterocycles. The van der Waals surface area contributed by atoms with Crippen LogP contribution in [0.3, 0.4) is 0 Å². The van der Waals surface area contributed by atoms with Gasteiger partial charge in [0.2, 0.25) is 5.96 Å². The van der Waals surface area contributed by atoms with E-state index < -0.39 is 0 Å². The molecule has 0 atom stereocenters. The fourth-order valence-electron chi connectivity index (χ4n) is 1.38. The van der Waals surface area contributed by atoms with Gasteiger partial charge in [-0.25, -0.2) is 4.99 Å². The molecule has 0 aliphatic carbocycles. The van der Waals surface area contributed by atoms with Crippen LogP contribution in [0.4, 0.5) is 5.69 Å². The number of aromatic nitrogens is 2. The van der Waals surface area contributed by atoms with Crippen LogP contribution >= 0.6 is 0 Å². The Kier molecular flexibility index (Phi) is 3.42. The highest BCUT2D eigenvalue weighted by molar-refractivity contribution is 5.93. The zero-order chi connectivity index (χ0) is 13.8. The van der Waals surface area contributed by atoms with Gasteiger partial charge < -0.3 is 21.7 Å². The van der Waals surface area contributed by atoms with Crippen molar-refractivity contribution in [2.45, 2.75) is 6.92 Å². The Hall–Kier alpha value is -2.90. The van der Waals surface area contributed by atoms with Gasteiger partial charge in [-0.1, -0.05) is 5.16 Å². The van der Waals surface area contributed by atoms with Crippen molar-refractivity contribution in [3.63, 3.8) is 0 Å². The van der Waals surface area contributed by atoms with E-state index in [-0.39, 0.29) is 11.9 Å². The van der Waals surface area contributed by atoms with Gasteiger partial charge in [0.15, 0.2) is 11.8 Å². The van der Waals surface area contributed by atoms with E-state index in [1.54, 1.807) is 31.2 Å². The summed E-state index contributed by atoms with van der Waals surface area (Å²) in [4.78, 5) is 11.8. The van der Waals surface area contributed by atoms with E-state index in [0.717, 1.165) is 5.56 Å². The summed E-state index contributed by atoms with van der Waals surface area (Å²) in [5, 5.41) is 3.72. The number of aliphatic imine (C=N–C) groups is 2. The first-order valence-electron chi connectivity index (χ1n) is 5.39. The molecule has 0 amide bonds. The van der Waals surface area contributed by atoms with Gasteiger partial charge in [-0.15, -0.1) is 0 Å². The third kappa shape index (κ3) is 3.28. The highest BCUT2D eigenvalue weighted by Gasteiger charge is 2.05. The van der Waals surface area contributed by atoms with E-state index in [4.69, 9.17) is 21.7 Å². The predicted molar refractivity (Wildman–Crippen MR) is 71.6 cm³/mol. The molecule has 0 bridgehead atoms. The van der Waals surface area contributed by atoms with E-state index >= 15 is 0 Å². The lowest BCUT2D eigenvalue weighted by molar-refractivity contribution is 0.425. The number of hydrogen-bond donors (Lipinski definition) is 3. The smallest absolute Gasteiger partial charge is 0.257 e. The summed E-state index contributed by atoms with van der Waals surface area (Å²) >= 11 is 0. The number of benzene rings is 1. The zero-order valence-corrected chi connectivity index (χ0v) is 10.2. The molecule has 1 heterocycles. The Morgan fingerprint density at radius 2 is 1.84 bits per heavy atom. The Bertz CT molecular complexity index is 623. The van der Waals surface area contributed by atoms with E-state index in [1.807, 2.05) is 0 Å². The van der Waals surface area contributed by atoms with Gasteiger partial charge in [-0.2, -0.15) is 9.98 Å². The predicted octanol–water partition coefficient (Wildman–Crippen LogP) is 0.265. The molecule has 0 unspecified atom stereocenters. The molecule has 2 aromatic rings. The molecule has 0 aliphatic rings. The van der Waals surface area contributed by atoms with Crippen molar-refractivity contribution in [3.05, 3.63) is 30.1 Å². The SMILES string of the molecule is Cc1noc(-c2ccc(N=C(N)N=C(N)N)cc2)n1. The highest BCUT2D eigenvalue weighted by Crippen LogP contribution is 2.21. The third-order valence-electron chi connectivity index (χ3n) is 2.13. The lowest BCUT2D eigenvalue weighted by Gasteiger charge is -1.97. The Balaban J connectivity index is 2.22. The van der Waals surface area contributed by atoms with Gasteiger partial charge in [0.05, 0.1) is 5.69 Å². The minimum atomic E-state index is -0.140. The van der Waals surface area contributed by atoms with Crippen LogP contribution in [0.1, 0.15) is 5.82 Å². The molecule has 0 aliphatic heterocycles. The molecule has 8 heteroatoms. The summed E-state index contributed by atoms with van der Waals surface area (Å²) in [6, 6.07) is 7.05. The van der Waals surface area contributed by atoms with Crippen molar-refractivity contribution in [2.24, 2.45) is 27.2 Å². The molecule has 1 aromatic heterocycles. The van der Waals surface area contributed by atoms with Crippen LogP contribution in [0.25, 0.3) is 11.5 Å². The van der Waals surface area contributed by atoms with Crippen LogP contribution in [0.2, 0.25) is 0 Å². The summed E-state index contributed by atoms with van der Waals surface area (Å²) < 4.78 is 5.05. The molecule has 98 valence electrons. The number of guanidine groups is 2. The normalized spacial score (nSPS) is 11.3. The first kappa shape index (κ1) is 12.6. The monoisotopic (exact) mass is 259 g/mol. The molecular formula is C11H13N7O. The van der Waals surface area contributed by atoms with Crippen LogP contribution in [-0.2, 0) is 0 Å². The Morgan fingerprint density at radius 3 is 2.37 bits per heavy atom. The van der Waals surface area contributed by atoms with Crippen LogP contribution in [0.5, 0.6) is 0 Å². The topological polar surface area (TPSA) is 142 Å². The Labute approximate surface area is 109 Å². The van der Waals surface area contributed by atoms with Gasteiger partial charge in [0.1, 0.15) is 0 Å². The molecule has 0 saturated carbocycles. The molecule has 0 radical (unpaired) electrons. The average molecular weight is 259 g/mol. The van der Waals surface area contributed by atoms with Crippen molar-refractivity contribution in [1.29, 1.82) is 0 Å². The van der Waals surface area contributed by atoms with Crippen LogP contribution in [-0.4, -0.2) is 22.1 Å². The largest absolute Gasteiger partial charge is 0.370 e. The third-order valence-corrected chi connectivity index (χ3v) is 2.13. The Morgan fingerprint density at radius 1 is 1.16 bits per heavy atom. The fraction of sp³-hybridized carbons (Fsp3) is 0.0909. The second-order valence-corrected chi connectivity index (χ2v) is 3.70. The summed E-state index contributed by atoms with van der Waals surface area (Å²) in [6.45, 7) is 1.75. The minimum absolute atomic E-state index is 0.0126. The zero-order valence-electron chi connectivity index (χ0n) is 10.2. The molecule has 2 rings (SSSR count). The number of aryl methyl sites for hydroxylation is 1. The number of hydrogen-bond acceptors (Lipinski definition) is 4. The van der Waals surface area contributed by atoms with Gasteiger partial charge in [-0.05, 0) is 31.2 Å². The first-order chi connectivity index (χ1) is 9.04. The standard InChI is InChI=1S/C11H13N7O/c1-6-15-9(19-18-6)7-2-4-8(5-3-7)16-11(14)17-10(12)13/h2-5H,1H3,(H6,12,13,14,16,17). The first-order valence-corrected chi connectivity index (χ1v) is 5.39. The van der Waals surface area contributed by atoms with E-state index in [1.165, 1.54) is 0 Å². The summed E-state index contributed by atoms with van der Waals surface area (Å²) in [7, 11) is 0. The number of rotatable bonds is 2. The maximum atomic E-state index is 5.52. The highest BCUT2D eigenvalue weighted by atomic mass is 16.5. The van der Waals surface area contributed by atoms with Crippen LogP contribution in [0, 0.1) is 6.92 Å². The summed E-state index contributed by atoms with van der Waals surface area (Å²) in [6.07, 6.45) is 0. The summed E-state index contributed by atoms with van der Waals surface area (Å²) in [5.41, 5.74) is 17.3. The molecule has 1 aromatic carbocycles. The molecule has 0 fully saturated rings. The maximum Gasteiger partial charge on any atom is 0.257 e. The quantitative estimate of drug-likeness (QED) is 0.521. The van der Waals surface area contributed by atoms with Gasteiger partial charge >= 0.3 is 0 Å². The van der Waals surface area contributed by atoms with Crippen molar-refractivity contribution in [1.82, 2.24) is 10.1 Å². The lowest BCUT2D eigenvalue weighted by Crippen LogP contribution is -2.26. The number of nitrogens with zero attached hydrogens (tertiary/aromatic N) is 4. The number of nitrogens with two attached hydrogens (primary N) is 3. The fourth-order valence-corrected chi connectivity index (χ4v) is 1.38. The van der Waals surface area contributed by atoms with Gasteiger partial charge in [-0.3, -0.25) is 0 Å². The van der Waals surface area contributed by atoms with E-state index in [0.29, 0.717) is 17.4 Å². The second-order valence-electron chi connectivity index (χ2n) is 3.70. The second kappa shape index (κ2) is 5.17. The van der Waals surface area contributed by atoms with Crippen molar-refractivity contribution in [3.8, 4) is 11.5 Å². The minimum Gasteiger partial charge on any atom is -0.370 e. The van der Waals surface area contributed by atoms with E-state index in [9.17, 15) is 0 Å². The molecule has 8 nitrogen and oxygen atoms in total. The average Bonchev–Trinajstić information content (AvgIpc) is 2.75. The summed E-state index contributed by atoms with van der Waals surface area (Å²) in [5.74, 6) is 0.875. The van der Waals surface area contributed by atoms with Gasteiger partial charge in [0.25, 0.3) is 5.89 Å². The maximum absolute atomic E-state index is 5.52.